The van der Waals surface area contributed by atoms with E-state index in [-0.39, 0.29) is 28.3 Å². The van der Waals surface area contributed by atoms with Gasteiger partial charge in [0.1, 0.15) is 5.60 Å². The Morgan fingerprint density at radius 2 is 1.96 bits per heavy atom. The Morgan fingerprint density at radius 3 is 2.68 bits per heavy atom. The number of alkyl halides is 1. The predicted molar refractivity (Wildman–Crippen MR) is 97.3 cm³/mol. The van der Waals surface area contributed by atoms with Crippen LogP contribution < -0.4 is 0 Å². The normalized spacial score (nSPS) is 48.4. The Kier molecular flexibility index (Phi) is 3.87. The van der Waals surface area contributed by atoms with Gasteiger partial charge in [-0.2, -0.15) is 0 Å². The molecule has 0 aliphatic heterocycles. The molecule has 0 heterocycles. The molecule has 0 bridgehead atoms. The minimum Gasteiger partial charge on any atom is -0.381 e. The third kappa shape index (κ3) is 2.15. The molecule has 0 aromatic carbocycles. The number of ketones is 2. The first-order chi connectivity index (χ1) is 11.8. The van der Waals surface area contributed by atoms with E-state index in [0.29, 0.717) is 24.2 Å². The van der Waals surface area contributed by atoms with Gasteiger partial charge in [0, 0.05) is 10.8 Å². The smallest absolute Gasteiger partial charge is 0.179 e. The van der Waals surface area contributed by atoms with Crippen LogP contribution in [0.25, 0.3) is 0 Å². The maximum Gasteiger partial charge on any atom is 0.179 e. The van der Waals surface area contributed by atoms with Gasteiger partial charge >= 0.3 is 0 Å². The van der Waals surface area contributed by atoms with E-state index < -0.39 is 5.60 Å². The molecule has 0 spiro atoms. The fourth-order valence-corrected chi connectivity index (χ4v) is 7.00. The maximum atomic E-state index is 12.4. The molecule has 4 aliphatic rings. The van der Waals surface area contributed by atoms with Gasteiger partial charge in [0.15, 0.2) is 11.6 Å². The van der Waals surface area contributed by atoms with Crippen LogP contribution in [-0.4, -0.2) is 28.2 Å². The highest BCUT2D eigenvalue weighted by Crippen LogP contribution is 2.67. The zero-order chi connectivity index (χ0) is 18.0. The average molecular weight is 363 g/mol. The molecule has 0 amide bonds. The van der Waals surface area contributed by atoms with Gasteiger partial charge in [0.05, 0.1) is 5.88 Å². The summed E-state index contributed by atoms with van der Waals surface area (Å²) in [6.07, 6.45) is 11.0. The molecule has 3 nitrogen and oxygen atoms in total. The van der Waals surface area contributed by atoms with Crippen LogP contribution >= 0.6 is 11.6 Å². The van der Waals surface area contributed by atoms with Crippen LogP contribution in [0.15, 0.2) is 23.8 Å². The van der Waals surface area contributed by atoms with Gasteiger partial charge in [-0.3, -0.25) is 9.59 Å². The van der Waals surface area contributed by atoms with Crippen molar-refractivity contribution in [2.24, 2.45) is 28.6 Å². The highest BCUT2D eigenvalue weighted by atomic mass is 35.5. The number of hydrogen-bond donors (Lipinski definition) is 1. The molecule has 0 radical (unpaired) electrons. The van der Waals surface area contributed by atoms with Crippen LogP contribution in [0.3, 0.4) is 0 Å². The molecule has 3 fully saturated rings. The Bertz CT molecular complexity index is 695. The second-order valence-corrected chi connectivity index (χ2v) is 9.28. The van der Waals surface area contributed by atoms with E-state index in [4.69, 9.17) is 11.6 Å². The van der Waals surface area contributed by atoms with Crippen LogP contribution in [0, 0.1) is 28.6 Å². The lowest BCUT2D eigenvalue weighted by Gasteiger charge is -2.57. The highest BCUT2D eigenvalue weighted by Gasteiger charge is 2.65. The second kappa shape index (κ2) is 5.53. The summed E-state index contributed by atoms with van der Waals surface area (Å²) in [6, 6.07) is 0. The quantitative estimate of drug-likeness (QED) is 0.759. The molecular formula is C21H27ClO3. The standard InChI is InChI=1S/C21H27ClO3/c1-19-8-5-14(23)11-13(19)3-4-15-16(19)6-9-20(2)17(15)7-10-21(20,25)18(24)12-22/h5,8,11,15-17,25H,3-4,6-7,9-10,12H2,1-2H3/t15-,16+,17+,19+,20+,21+/m1/s1. The van der Waals surface area contributed by atoms with Crippen molar-refractivity contribution in [2.75, 3.05) is 5.88 Å². The Morgan fingerprint density at radius 1 is 1.24 bits per heavy atom. The zero-order valence-electron chi connectivity index (χ0n) is 15.1. The van der Waals surface area contributed by atoms with Crippen molar-refractivity contribution in [2.45, 2.75) is 58.0 Å². The first-order valence-corrected chi connectivity index (χ1v) is 10.1. The zero-order valence-corrected chi connectivity index (χ0v) is 15.8. The number of rotatable bonds is 2. The summed E-state index contributed by atoms with van der Waals surface area (Å²) in [5.74, 6) is 1.13. The first-order valence-electron chi connectivity index (χ1n) is 9.52. The summed E-state index contributed by atoms with van der Waals surface area (Å²) < 4.78 is 0. The summed E-state index contributed by atoms with van der Waals surface area (Å²) in [5.41, 5.74) is -0.406. The molecule has 0 unspecified atom stereocenters. The molecular weight excluding hydrogens is 336 g/mol. The molecule has 4 rings (SSSR count). The second-order valence-electron chi connectivity index (χ2n) is 9.02. The lowest BCUT2D eigenvalue weighted by atomic mass is 9.47. The predicted octanol–water partition coefficient (Wildman–Crippen LogP) is 3.83. The van der Waals surface area contributed by atoms with E-state index in [1.165, 1.54) is 5.57 Å². The number of halogens is 1. The minimum absolute atomic E-state index is 0.0463. The van der Waals surface area contributed by atoms with Gasteiger partial charge in [-0.05, 0) is 68.4 Å². The highest BCUT2D eigenvalue weighted by molar-refractivity contribution is 6.29. The molecule has 1 N–H and O–H groups in total. The van der Waals surface area contributed by atoms with Crippen molar-refractivity contribution >= 4 is 23.2 Å². The lowest BCUT2D eigenvalue weighted by Crippen LogP contribution is -2.57. The number of hydrogen-bond acceptors (Lipinski definition) is 3. The third-order valence-electron chi connectivity index (χ3n) is 8.29. The van der Waals surface area contributed by atoms with Gasteiger partial charge in [-0.1, -0.05) is 25.5 Å². The van der Waals surface area contributed by atoms with E-state index in [1.807, 2.05) is 6.08 Å². The molecule has 0 saturated heterocycles. The third-order valence-corrected chi connectivity index (χ3v) is 8.53. The van der Waals surface area contributed by atoms with Crippen molar-refractivity contribution < 1.29 is 14.7 Å². The fraction of sp³-hybridized carbons (Fsp3) is 0.714. The van der Waals surface area contributed by atoms with E-state index in [1.54, 1.807) is 6.08 Å². The van der Waals surface area contributed by atoms with Crippen LogP contribution in [0.1, 0.15) is 52.4 Å². The van der Waals surface area contributed by atoms with Crippen LogP contribution in [0.2, 0.25) is 0 Å². The van der Waals surface area contributed by atoms with Crippen molar-refractivity contribution in [1.82, 2.24) is 0 Å². The number of allylic oxidation sites excluding steroid dienone is 4. The van der Waals surface area contributed by atoms with E-state index >= 15 is 0 Å². The maximum absolute atomic E-state index is 12.4. The Hall–Kier alpha value is -0.930. The van der Waals surface area contributed by atoms with Gasteiger partial charge in [-0.25, -0.2) is 0 Å². The number of aliphatic hydroxyl groups is 1. The van der Waals surface area contributed by atoms with Crippen molar-refractivity contribution in [1.29, 1.82) is 0 Å². The molecule has 0 aromatic rings. The van der Waals surface area contributed by atoms with Gasteiger partial charge in [-0.15, -0.1) is 11.6 Å². The number of carbonyl (C=O) groups excluding carboxylic acids is 2. The van der Waals surface area contributed by atoms with Gasteiger partial charge in [0.25, 0.3) is 0 Å². The summed E-state index contributed by atoms with van der Waals surface area (Å²) >= 11 is 5.82. The number of carbonyl (C=O) groups is 2. The molecule has 4 heteroatoms. The first kappa shape index (κ1) is 17.5. The largest absolute Gasteiger partial charge is 0.381 e. The van der Waals surface area contributed by atoms with Gasteiger partial charge in [0.2, 0.25) is 0 Å². The van der Waals surface area contributed by atoms with E-state index in [0.717, 1.165) is 32.1 Å². The van der Waals surface area contributed by atoms with Crippen molar-refractivity contribution in [3.8, 4) is 0 Å². The Balaban J connectivity index is 1.69. The summed E-state index contributed by atoms with van der Waals surface area (Å²) in [5, 5.41) is 11.2. The van der Waals surface area contributed by atoms with Crippen LogP contribution in [0.5, 0.6) is 0 Å². The summed E-state index contributed by atoms with van der Waals surface area (Å²) in [6.45, 7) is 4.38. The molecule has 6 atom stereocenters. The Labute approximate surface area is 154 Å². The molecule has 136 valence electrons. The summed E-state index contributed by atoms with van der Waals surface area (Å²) in [7, 11) is 0. The molecule has 0 aromatic heterocycles. The number of fused-ring (bicyclic) bond motifs is 5. The van der Waals surface area contributed by atoms with Crippen molar-refractivity contribution in [3.05, 3.63) is 23.8 Å². The molecule has 25 heavy (non-hydrogen) atoms. The van der Waals surface area contributed by atoms with Crippen LogP contribution in [-0.2, 0) is 9.59 Å². The average Bonchev–Trinajstić information content (AvgIpc) is 2.87. The summed E-state index contributed by atoms with van der Waals surface area (Å²) in [4.78, 5) is 24.2. The SMILES string of the molecule is C[C@]12C=CC(=O)C=C1CC[C@@H]1[C@@H]2CC[C@@]2(C)[C@H]1CC[C@]2(O)C(=O)CCl. The monoisotopic (exact) mass is 362 g/mol. The topological polar surface area (TPSA) is 54.4 Å². The van der Waals surface area contributed by atoms with E-state index in [2.05, 4.69) is 19.9 Å². The van der Waals surface area contributed by atoms with Crippen LogP contribution in [0.4, 0.5) is 0 Å². The lowest BCUT2D eigenvalue weighted by molar-refractivity contribution is -0.158. The minimum atomic E-state index is -1.26. The van der Waals surface area contributed by atoms with Gasteiger partial charge < -0.3 is 5.11 Å². The molecule has 3 saturated carbocycles. The van der Waals surface area contributed by atoms with Crippen molar-refractivity contribution in [3.63, 3.8) is 0 Å². The fourth-order valence-electron chi connectivity index (χ4n) is 6.78. The number of Topliss-reactive ketones (excluding diaryl/α,β-unsaturated/α-hetero) is 1. The molecule has 4 aliphatic carbocycles. The van der Waals surface area contributed by atoms with E-state index in [9.17, 15) is 14.7 Å².